The van der Waals surface area contributed by atoms with Gasteiger partial charge >= 0.3 is 0 Å². The Hall–Kier alpha value is -18.6. The van der Waals surface area contributed by atoms with E-state index in [0.717, 1.165) is 185 Å². The van der Waals surface area contributed by atoms with Crippen LogP contribution in [0.1, 0.15) is 0 Å². The smallest absolute Gasteiger partial charge is 0.164 e. The molecule has 0 bridgehead atoms. The first-order valence-corrected chi connectivity index (χ1v) is 46.1. The van der Waals surface area contributed by atoms with Crippen molar-refractivity contribution >= 4 is 0 Å². The van der Waals surface area contributed by atoms with E-state index in [0.29, 0.717) is 17.5 Å². The fourth-order valence-corrected chi connectivity index (χ4v) is 17.3. The highest BCUT2D eigenvalue weighted by Crippen LogP contribution is 2.42. The summed E-state index contributed by atoms with van der Waals surface area (Å²) in [5.74, 6) is 1.77. The van der Waals surface area contributed by atoms with Gasteiger partial charge < -0.3 is 0 Å². The Morgan fingerprint density at radius 1 is 0.0942 bits per heavy atom. The molecule has 0 spiro atoms. The predicted octanol–water partition coefficient (Wildman–Crippen LogP) is 32.3. The van der Waals surface area contributed by atoms with Crippen LogP contribution in [-0.2, 0) is 0 Å². The number of hydrogen-bond donors (Lipinski definition) is 0. The van der Waals surface area contributed by atoms with Gasteiger partial charge in [0.25, 0.3) is 0 Å². The minimum atomic E-state index is 0.586. The zero-order valence-corrected chi connectivity index (χ0v) is 75.3. The molecule has 0 saturated heterocycles. The molecule has 8 heterocycles. The van der Waals surface area contributed by atoms with Gasteiger partial charge in [-0.2, -0.15) is 0 Å². The maximum atomic E-state index is 5.13. The highest BCUT2D eigenvalue weighted by molar-refractivity contribution is 5.89. The van der Waals surface area contributed by atoms with Crippen LogP contribution in [0, 0.1) is 0 Å². The lowest BCUT2D eigenvalue weighted by Crippen LogP contribution is -2.01. The summed E-state index contributed by atoms with van der Waals surface area (Å²) in [5.41, 5.74) is 38.6. The summed E-state index contributed by atoms with van der Waals surface area (Å²) in [5, 5.41) is 0. The van der Waals surface area contributed by atoms with Crippen molar-refractivity contribution < 1.29 is 0 Å². The second-order valence-corrected chi connectivity index (χ2v) is 33.5. The Morgan fingerprint density at radius 3 is 0.645 bits per heavy atom. The van der Waals surface area contributed by atoms with E-state index >= 15 is 0 Å². The van der Waals surface area contributed by atoms with Crippen molar-refractivity contribution in [3.05, 3.63) is 535 Å². The van der Waals surface area contributed by atoms with Gasteiger partial charge in [-0.05, 0) is 258 Å². The number of pyridine rings is 7. The molecule has 23 rings (SSSR count). The molecular weight excluding hydrogens is 1680 g/mol. The first-order chi connectivity index (χ1) is 68.3. The SMILES string of the molecule is c1ccc(-c2cc(-c3ccccc3)cc(-c3nc(-c4cccc(-c5ccccn5)c4)nc(-c4cccc(-c5ccccn5)c4)n3)c2)cc1.c1ccc(-c2ccc(-c3cc(-c4cc(-c5ccccc5)cc(-c5ccccc5)c4)cc(-c4ccccn4)c3)nc2)cc1.c1ccc(-c2ccnc(-c3cc(-c4cc(-c5ccccc5)nc(-c5ccccc5)c4)cc(-c4cc(-c5ccccc5)ccn4)c3)c2)cc1. The number of hydrogen-bond acceptors (Lipinski definition) is 10. The minimum absolute atomic E-state index is 0.586. The van der Waals surface area contributed by atoms with Gasteiger partial charge in [-0.25, -0.2) is 19.9 Å². The van der Waals surface area contributed by atoms with E-state index in [-0.39, 0.29) is 0 Å². The van der Waals surface area contributed by atoms with Gasteiger partial charge in [0.1, 0.15) is 0 Å². The lowest BCUT2D eigenvalue weighted by atomic mass is 9.91. The van der Waals surface area contributed by atoms with Gasteiger partial charge in [0, 0.05) is 104 Å². The van der Waals surface area contributed by atoms with Crippen molar-refractivity contribution in [1.82, 2.24) is 49.8 Å². The van der Waals surface area contributed by atoms with E-state index in [9.17, 15) is 0 Å². The van der Waals surface area contributed by atoms with Gasteiger partial charge in [-0.1, -0.05) is 334 Å². The summed E-state index contributed by atoms with van der Waals surface area (Å²) in [6.07, 6.45) is 11.2. The monoisotopic (exact) mass is 1760 g/mol. The van der Waals surface area contributed by atoms with Gasteiger partial charge in [0.2, 0.25) is 0 Å². The highest BCUT2D eigenvalue weighted by atomic mass is 15.0. The second-order valence-electron chi connectivity index (χ2n) is 33.5. The maximum absolute atomic E-state index is 5.13. The zero-order chi connectivity index (χ0) is 92.4. The summed E-state index contributed by atoms with van der Waals surface area (Å²) < 4.78 is 0. The van der Waals surface area contributed by atoms with Crippen molar-refractivity contribution in [2.75, 3.05) is 0 Å². The quantitative estimate of drug-likeness (QED) is 0.0727. The Kier molecular flexibility index (Phi) is 25.6. The lowest BCUT2D eigenvalue weighted by Gasteiger charge is -2.14. The normalized spacial score (nSPS) is 10.9. The molecule has 8 aromatic heterocycles. The molecule has 10 nitrogen and oxygen atoms in total. The summed E-state index contributed by atoms with van der Waals surface area (Å²) in [6.45, 7) is 0. The largest absolute Gasteiger partial charge is 0.256 e. The molecule has 15 aromatic carbocycles. The van der Waals surface area contributed by atoms with Crippen molar-refractivity contribution in [2.45, 2.75) is 0 Å². The Labute approximate surface area is 803 Å². The third kappa shape index (κ3) is 20.4. The summed E-state index contributed by atoms with van der Waals surface area (Å²) in [4.78, 5) is 48.9. The Morgan fingerprint density at radius 2 is 0.319 bits per heavy atom. The van der Waals surface area contributed by atoms with E-state index in [4.69, 9.17) is 34.9 Å². The van der Waals surface area contributed by atoms with Crippen molar-refractivity contribution in [3.63, 3.8) is 0 Å². The topological polar surface area (TPSA) is 129 Å². The predicted molar refractivity (Wildman–Crippen MR) is 566 cm³/mol. The molecule has 650 valence electrons. The number of aromatic nitrogens is 10. The molecule has 0 aliphatic carbocycles. The third-order valence-corrected chi connectivity index (χ3v) is 24.3. The van der Waals surface area contributed by atoms with Crippen molar-refractivity contribution in [2.24, 2.45) is 0 Å². The molecule has 10 heteroatoms. The summed E-state index contributed by atoms with van der Waals surface area (Å²) >= 11 is 0. The van der Waals surface area contributed by atoms with Gasteiger partial charge in [-0.15, -0.1) is 0 Å². The van der Waals surface area contributed by atoms with Crippen LogP contribution in [0.2, 0.25) is 0 Å². The second kappa shape index (κ2) is 41.0. The average molecular weight is 1770 g/mol. The molecule has 0 fully saturated rings. The van der Waals surface area contributed by atoms with Crippen LogP contribution in [0.4, 0.5) is 0 Å². The van der Waals surface area contributed by atoms with E-state index < -0.39 is 0 Å². The molecule has 138 heavy (non-hydrogen) atoms. The number of nitrogens with zero attached hydrogens (tertiary/aromatic N) is 10. The van der Waals surface area contributed by atoms with Gasteiger partial charge in [0.15, 0.2) is 17.5 Å². The molecule has 0 unspecified atom stereocenters. The molecule has 0 amide bonds. The molecule has 23 aromatic rings. The first-order valence-electron chi connectivity index (χ1n) is 46.1. The van der Waals surface area contributed by atoms with E-state index in [2.05, 4.69) is 397 Å². The van der Waals surface area contributed by atoms with Gasteiger partial charge in [0.05, 0.1) is 45.6 Å². The standard InChI is InChI=1S/C45H31N3.C43H29N5.C40H28N2/c1-5-13-32(14-6-1)36-21-23-46-42(28-36)40-25-38(26-41(27-40)43-29-37(22-24-47-43)33-15-7-2-8-16-33)39-30-44(34-17-9-3-10-18-34)48-45(31-39)35-19-11-4-12-20-35;1-3-13-30(14-4-1)36-27-37(31-15-5-2-6-16-31)29-38(28-36)43-47-41(34-19-11-17-32(25-34)39-21-7-9-23-44-39)46-42(48-43)35-20-12-18-33(26-35)40-22-8-10-24-45-40;1-4-12-29(13-5-1)32-19-20-40(42-28-32)38-26-36(25-37(27-38)39-18-10-11-21-41-39)35-23-33(30-14-6-2-7-15-30)22-34(24-35)31-16-8-3-9-17-31/h1-31H;1-29H;1-28H. The van der Waals surface area contributed by atoms with Crippen molar-refractivity contribution in [3.8, 4) is 224 Å². The first kappa shape index (κ1) is 86.1. The summed E-state index contributed by atoms with van der Waals surface area (Å²) in [7, 11) is 0. The molecule has 0 aliphatic heterocycles. The lowest BCUT2D eigenvalue weighted by molar-refractivity contribution is 1.07. The molecule has 0 atom stereocenters. The molecule has 0 N–H and O–H groups in total. The van der Waals surface area contributed by atoms with E-state index in [1.165, 1.54) is 22.3 Å². The third-order valence-electron chi connectivity index (χ3n) is 24.3. The van der Waals surface area contributed by atoms with E-state index in [1.807, 2.05) is 140 Å². The van der Waals surface area contributed by atoms with Gasteiger partial charge in [-0.3, -0.25) is 29.9 Å². The molecular formula is C128H88N10. The molecule has 0 radical (unpaired) electrons. The van der Waals surface area contributed by atoms with E-state index in [1.54, 1.807) is 12.4 Å². The van der Waals surface area contributed by atoms with Crippen LogP contribution in [-0.4, -0.2) is 49.8 Å². The van der Waals surface area contributed by atoms with Crippen LogP contribution in [0.3, 0.4) is 0 Å². The van der Waals surface area contributed by atoms with Crippen LogP contribution in [0.15, 0.2) is 535 Å². The Balaban J connectivity index is 0.000000124. The fourth-order valence-electron chi connectivity index (χ4n) is 17.3. The molecule has 0 aliphatic rings. The van der Waals surface area contributed by atoms with Crippen LogP contribution >= 0.6 is 0 Å². The average Bonchev–Trinajstić information content (AvgIpc) is 0.792. The van der Waals surface area contributed by atoms with Crippen LogP contribution < -0.4 is 0 Å². The minimum Gasteiger partial charge on any atom is -0.256 e. The molecule has 0 saturated carbocycles. The number of benzene rings is 15. The summed E-state index contributed by atoms with van der Waals surface area (Å²) in [6, 6.07) is 172. The fraction of sp³-hybridized carbons (Fsp3) is 0. The van der Waals surface area contributed by atoms with Crippen LogP contribution in [0.25, 0.3) is 224 Å². The van der Waals surface area contributed by atoms with Crippen LogP contribution in [0.5, 0.6) is 0 Å². The Bertz CT molecular complexity index is 7390. The highest BCUT2D eigenvalue weighted by Gasteiger charge is 2.21. The maximum Gasteiger partial charge on any atom is 0.164 e. The number of rotatable bonds is 20. The van der Waals surface area contributed by atoms with Crippen molar-refractivity contribution in [1.29, 1.82) is 0 Å². The zero-order valence-electron chi connectivity index (χ0n) is 75.3.